The molecule has 0 aromatic heterocycles. The van der Waals surface area contributed by atoms with Gasteiger partial charge in [0.1, 0.15) is 5.54 Å². The van der Waals surface area contributed by atoms with Crippen molar-refractivity contribution in [2.75, 3.05) is 23.4 Å². The van der Waals surface area contributed by atoms with E-state index in [1.54, 1.807) is 4.90 Å². The Morgan fingerprint density at radius 2 is 2.00 bits per heavy atom. The van der Waals surface area contributed by atoms with E-state index < -0.39 is 5.54 Å². The van der Waals surface area contributed by atoms with Crippen molar-refractivity contribution in [2.45, 2.75) is 64.0 Å². The summed E-state index contributed by atoms with van der Waals surface area (Å²) >= 11 is 0. The van der Waals surface area contributed by atoms with E-state index in [-0.39, 0.29) is 18.0 Å². The number of carbonyl (C=O) groups is 2. The molecule has 1 saturated carbocycles. The molecule has 1 heterocycles. The van der Waals surface area contributed by atoms with Crippen molar-refractivity contribution in [3.05, 3.63) is 24.3 Å². The number of rotatable bonds is 5. The van der Waals surface area contributed by atoms with E-state index >= 15 is 0 Å². The van der Waals surface area contributed by atoms with E-state index in [4.69, 9.17) is 4.74 Å². The summed E-state index contributed by atoms with van der Waals surface area (Å²) in [6.07, 6.45) is 5.94. The van der Waals surface area contributed by atoms with Gasteiger partial charge < -0.3 is 20.3 Å². The first-order valence-corrected chi connectivity index (χ1v) is 9.60. The number of para-hydroxylation sites is 2. The Balaban J connectivity index is 1.49. The molecular weight excluding hydrogens is 330 g/mol. The lowest BCUT2D eigenvalue weighted by atomic mass is 9.96. The van der Waals surface area contributed by atoms with Crippen molar-refractivity contribution in [3.63, 3.8) is 0 Å². The highest BCUT2D eigenvalue weighted by atomic mass is 16.5. The maximum atomic E-state index is 12.7. The van der Waals surface area contributed by atoms with Gasteiger partial charge in [-0.15, -0.1) is 0 Å². The fourth-order valence-electron chi connectivity index (χ4n) is 3.72. The van der Waals surface area contributed by atoms with Crippen molar-refractivity contribution in [1.82, 2.24) is 5.32 Å². The van der Waals surface area contributed by atoms with E-state index in [9.17, 15) is 9.59 Å². The minimum atomic E-state index is -0.645. The van der Waals surface area contributed by atoms with Crippen LogP contribution in [0.3, 0.4) is 0 Å². The number of anilines is 2. The zero-order valence-electron chi connectivity index (χ0n) is 15.7. The Bertz CT molecular complexity index is 653. The standard InChI is InChI=1S/C20H29N3O3/c1-20(2)18(24)23(17-12-7-6-11-16(17)22-20)13-8-14-26-19(25)21-15-9-4-3-5-10-15/h6-7,11-12,15,22H,3-5,8-10,13-14H2,1-2H3,(H,21,25). The zero-order chi connectivity index (χ0) is 18.6. The van der Waals surface area contributed by atoms with E-state index in [2.05, 4.69) is 10.6 Å². The van der Waals surface area contributed by atoms with Gasteiger partial charge in [-0.1, -0.05) is 31.4 Å². The molecule has 1 aromatic carbocycles. The highest BCUT2D eigenvalue weighted by molar-refractivity contribution is 6.07. The van der Waals surface area contributed by atoms with Crippen molar-refractivity contribution in [2.24, 2.45) is 0 Å². The van der Waals surface area contributed by atoms with Crippen LogP contribution >= 0.6 is 0 Å². The minimum Gasteiger partial charge on any atom is -0.449 e. The molecule has 3 rings (SSSR count). The van der Waals surface area contributed by atoms with Crippen LogP contribution in [-0.4, -0.2) is 36.7 Å². The fourth-order valence-corrected chi connectivity index (χ4v) is 3.72. The Labute approximate surface area is 155 Å². The molecule has 2 N–H and O–H groups in total. The molecule has 26 heavy (non-hydrogen) atoms. The van der Waals surface area contributed by atoms with Gasteiger partial charge in [0.05, 0.1) is 18.0 Å². The summed E-state index contributed by atoms with van der Waals surface area (Å²) in [5.74, 6) is 0.0304. The molecule has 1 aromatic rings. The van der Waals surface area contributed by atoms with Crippen molar-refractivity contribution >= 4 is 23.4 Å². The third-order valence-electron chi connectivity index (χ3n) is 5.11. The third kappa shape index (κ3) is 4.29. The first-order chi connectivity index (χ1) is 12.5. The largest absolute Gasteiger partial charge is 0.449 e. The van der Waals surface area contributed by atoms with Crippen LogP contribution in [0.5, 0.6) is 0 Å². The van der Waals surface area contributed by atoms with Crippen LogP contribution in [0.15, 0.2) is 24.3 Å². The number of ether oxygens (including phenoxy) is 1. The van der Waals surface area contributed by atoms with Crippen LogP contribution in [0.2, 0.25) is 0 Å². The summed E-state index contributed by atoms with van der Waals surface area (Å²) in [5, 5.41) is 6.23. The molecule has 0 radical (unpaired) electrons. The van der Waals surface area contributed by atoms with Crippen LogP contribution in [0.1, 0.15) is 52.4 Å². The molecule has 0 bridgehead atoms. The average Bonchev–Trinajstić information content (AvgIpc) is 2.62. The topological polar surface area (TPSA) is 70.7 Å². The number of amides is 2. The minimum absolute atomic E-state index is 0.0304. The maximum Gasteiger partial charge on any atom is 0.407 e. The van der Waals surface area contributed by atoms with Gasteiger partial charge in [0.2, 0.25) is 0 Å². The van der Waals surface area contributed by atoms with E-state index in [0.717, 1.165) is 24.2 Å². The summed E-state index contributed by atoms with van der Waals surface area (Å²) < 4.78 is 5.31. The predicted octanol–water partition coefficient (Wildman–Crippen LogP) is 3.67. The molecule has 0 atom stereocenters. The van der Waals surface area contributed by atoms with Crippen molar-refractivity contribution in [1.29, 1.82) is 0 Å². The lowest BCUT2D eigenvalue weighted by Crippen LogP contribution is -2.54. The van der Waals surface area contributed by atoms with Crippen LogP contribution in [0, 0.1) is 0 Å². The Morgan fingerprint density at radius 3 is 2.77 bits per heavy atom. The lowest BCUT2D eigenvalue weighted by Gasteiger charge is -2.40. The molecule has 6 nitrogen and oxygen atoms in total. The highest BCUT2D eigenvalue weighted by Crippen LogP contribution is 2.34. The van der Waals surface area contributed by atoms with Gasteiger partial charge in [-0.05, 0) is 45.2 Å². The molecular formula is C20H29N3O3. The quantitative estimate of drug-likeness (QED) is 0.787. The summed E-state index contributed by atoms with van der Waals surface area (Å²) in [6.45, 7) is 4.59. The second-order valence-corrected chi connectivity index (χ2v) is 7.69. The molecule has 0 unspecified atom stereocenters. The SMILES string of the molecule is CC1(C)Nc2ccccc2N(CCCOC(=O)NC2CCCCC2)C1=O. The second kappa shape index (κ2) is 7.98. The Kier molecular flexibility index (Phi) is 5.69. The number of hydrogen-bond donors (Lipinski definition) is 2. The number of nitrogens with one attached hydrogen (secondary N) is 2. The molecule has 2 aliphatic rings. The van der Waals surface area contributed by atoms with Gasteiger partial charge in [-0.25, -0.2) is 4.79 Å². The highest BCUT2D eigenvalue weighted by Gasteiger charge is 2.38. The maximum absolute atomic E-state index is 12.7. The molecule has 1 aliphatic heterocycles. The van der Waals surface area contributed by atoms with Gasteiger partial charge in [-0.3, -0.25) is 4.79 Å². The fraction of sp³-hybridized carbons (Fsp3) is 0.600. The van der Waals surface area contributed by atoms with Crippen LogP contribution < -0.4 is 15.5 Å². The average molecular weight is 359 g/mol. The zero-order valence-corrected chi connectivity index (χ0v) is 15.7. The number of carbonyl (C=O) groups excluding carboxylic acids is 2. The Morgan fingerprint density at radius 1 is 1.27 bits per heavy atom. The molecule has 1 fully saturated rings. The predicted molar refractivity (Wildman–Crippen MR) is 102 cm³/mol. The second-order valence-electron chi connectivity index (χ2n) is 7.69. The molecule has 6 heteroatoms. The normalized spacial score (nSPS) is 19.5. The van der Waals surface area contributed by atoms with E-state index in [1.165, 1.54) is 19.3 Å². The Hall–Kier alpha value is -2.24. The van der Waals surface area contributed by atoms with Gasteiger partial charge in [-0.2, -0.15) is 0 Å². The smallest absolute Gasteiger partial charge is 0.407 e. The summed E-state index contributed by atoms with van der Waals surface area (Å²) in [4.78, 5) is 26.4. The van der Waals surface area contributed by atoms with E-state index in [1.807, 2.05) is 38.1 Å². The summed E-state index contributed by atoms with van der Waals surface area (Å²) in [5.41, 5.74) is 1.18. The molecule has 0 saturated heterocycles. The molecule has 142 valence electrons. The van der Waals surface area contributed by atoms with Crippen LogP contribution in [0.25, 0.3) is 0 Å². The van der Waals surface area contributed by atoms with Crippen molar-refractivity contribution < 1.29 is 14.3 Å². The summed E-state index contributed by atoms with van der Waals surface area (Å²) in [7, 11) is 0. The van der Waals surface area contributed by atoms with Crippen LogP contribution in [0.4, 0.5) is 16.2 Å². The van der Waals surface area contributed by atoms with Crippen molar-refractivity contribution in [3.8, 4) is 0 Å². The number of fused-ring (bicyclic) bond motifs is 1. The van der Waals surface area contributed by atoms with Gasteiger partial charge in [0.15, 0.2) is 0 Å². The third-order valence-corrected chi connectivity index (χ3v) is 5.11. The molecule has 0 spiro atoms. The molecule has 1 aliphatic carbocycles. The number of alkyl carbamates (subject to hydrolysis) is 1. The monoisotopic (exact) mass is 359 g/mol. The first-order valence-electron chi connectivity index (χ1n) is 9.60. The van der Waals surface area contributed by atoms with E-state index in [0.29, 0.717) is 19.6 Å². The first kappa shape index (κ1) is 18.5. The van der Waals surface area contributed by atoms with Gasteiger partial charge >= 0.3 is 6.09 Å². The number of hydrogen-bond acceptors (Lipinski definition) is 4. The lowest BCUT2D eigenvalue weighted by molar-refractivity contribution is -0.122. The number of nitrogens with zero attached hydrogens (tertiary/aromatic N) is 1. The molecule has 2 amide bonds. The number of benzene rings is 1. The summed E-state index contributed by atoms with van der Waals surface area (Å²) in [6, 6.07) is 8.04. The van der Waals surface area contributed by atoms with Crippen LogP contribution in [-0.2, 0) is 9.53 Å². The van der Waals surface area contributed by atoms with Gasteiger partial charge in [0.25, 0.3) is 5.91 Å². The van der Waals surface area contributed by atoms with Gasteiger partial charge in [0, 0.05) is 12.6 Å².